The monoisotopic (exact) mass is 617 g/mol. The van der Waals surface area contributed by atoms with Crippen molar-refractivity contribution in [1.82, 2.24) is 19.9 Å². The minimum absolute atomic E-state index is 0.0267. The maximum absolute atomic E-state index is 17.0. The topological polar surface area (TPSA) is 74.6 Å². The van der Waals surface area contributed by atoms with Crippen LogP contribution < -0.4 is 9.64 Å². The molecule has 10 heteroatoms. The first-order valence-corrected chi connectivity index (χ1v) is 16.4. The number of aromatic nitrogens is 3. The van der Waals surface area contributed by atoms with E-state index in [0.717, 1.165) is 45.2 Å². The Bertz CT molecular complexity index is 1840. The standard InChI is InChI=1S/C35H38F3N5O2/c1-3-23-25(37)8-7-20-14-22(44)15-24(28(20)23)31-30(38)32-29-26(39-31)9-10-27-19(2)6-4-13-43(27)33(29)41-34(40-32)45-18-35-11-5-12-42(35)17-21(36)16-35/h7-8,14-15,19,21,27,44H,3-6,9-13,16-18H2,1-2H3/t19-,21+,27+,35-/m0/s1. The van der Waals surface area contributed by atoms with Crippen LogP contribution in [0.15, 0.2) is 24.3 Å². The van der Waals surface area contributed by atoms with Crippen molar-refractivity contribution in [3.63, 3.8) is 0 Å². The lowest BCUT2D eigenvalue weighted by atomic mass is 9.88. The van der Waals surface area contributed by atoms with Gasteiger partial charge in [0.1, 0.15) is 41.4 Å². The van der Waals surface area contributed by atoms with Crippen LogP contribution in [0, 0.1) is 17.6 Å². The zero-order chi connectivity index (χ0) is 31.0. The third-order valence-corrected chi connectivity index (χ3v) is 10.9. The van der Waals surface area contributed by atoms with Gasteiger partial charge < -0.3 is 14.7 Å². The maximum atomic E-state index is 17.0. The highest BCUT2D eigenvalue weighted by molar-refractivity contribution is 6.02. The van der Waals surface area contributed by atoms with E-state index in [4.69, 9.17) is 19.7 Å². The van der Waals surface area contributed by atoms with Crippen molar-refractivity contribution < 1.29 is 23.0 Å². The molecule has 4 aliphatic rings. The summed E-state index contributed by atoms with van der Waals surface area (Å²) < 4.78 is 52.9. The Hall–Kier alpha value is -3.66. The number of ether oxygens (including phenoxy) is 1. The summed E-state index contributed by atoms with van der Waals surface area (Å²) in [5.74, 6) is -0.0456. The molecule has 0 aliphatic carbocycles. The number of hydrogen-bond acceptors (Lipinski definition) is 7. The molecule has 0 amide bonds. The van der Waals surface area contributed by atoms with E-state index in [1.54, 1.807) is 12.1 Å². The average molecular weight is 618 g/mol. The summed E-state index contributed by atoms with van der Waals surface area (Å²) in [6.07, 6.45) is 5.26. The van der Waals surface area contributed by atoms with Gasteiger partial charge in [0.15, 0.2) is 5.82 Å². The fraction of sp³-hybridized carbons (Fsp3) is 0.514. The van der Waals surface area contributed by atoms with Crippen LogP contribution >= 0.6 is 0 Å². The second kappa shape index (κ2) is 10.7. The quantitative estimate of drug-likeness (QED) is 0.261. The summed E-state index contributed by atoms with van der Waals surface area (Å²) in [5.41, 5.74) is 1.19. The van der Waals surface area contributed by atoms with Gasteiger partial charge in [-0.05, 0) is 91.9 Å². The van der Waals surface area contributed by atoms with Crippen molar-refractivity contribution in [2.75, 3.05) is 31.1 Å². The average Bonchev–Trinajstić information content (AvgIpc) is 3.49. The predicted molar refractivity (Wildman–Crippen MR) is 168 cm³/mol. The van der Waals surface area contributed by atoms with E-state index in [0.29, 0.717) is 70.5 Å². The highest BCUT2D eigenvalue weighted by atomic mass is 19.1. The van der Waals surface area contributed by atoms with E-state index >= 15 is 8.78 Å². The lowest BCUT2D eigenvalue weighted by Crippen LogP contribution is -2.45. The minimum atomic E-state index is -0.893. The van der Waals surface area contributed by atoms with Crippen LogP contribution in [0.25, 0.3) is 32.9 Å². The lowest BCUT2D eigenvalue weighted by Gasteiger charge is -2.40. The Labute approximate surface area is 260 Å². The Kier molecular flexibility index (Phi) is 6.85. The van der Waals surface area contributed by atoms with Crippen molar-refractivity contribution in [3.8, 4) is 23.0 Å². The molecule has 8 rings (SSSR count). The van der Waals surface area contributed by atoms with Gasteiger partial charge in [0.25, 0.3) is 0 Å². The van der Waals surface area contributed by atoms with Crippen molar-refractivity contribution in [2.45, 2.75) is 83.0 Å². The number of phenolic OH excluding ortho intramolecular Hbond substituents is 1. The number of anilines is 1. The first-order chi connectivity index (χ1) is 21.8. The molecular formula is C35H38F3N5O2. The number of halogens is 3. The van der Waals surface area contributed by atoms with Gasteiger partial charge in [-0.25, -0.2) is 18.2 Å². The maximum Gasteiger partial charge on any atom is 0.319 e. The highest BCUT2D eigenvalue weighted by Gasteiger charge is 2.49. The van der Waals surface area contributed by atoms with E-state index in [1.165, 1.54) is 12.1 Å². The van der Waals surface area contributed by atoms with Crippen LogP contribution in [-0.4, -0.2) is 69.0 Å². The molecule has 0 spiro atoms. The number of aryl methyl sites for hydroxylation is 2. The zero-order valence-corrected chi connectivity index (χ0v) is 25.8. The summed E-state index contributed by atoms with van der Waals surface area (Å²) in [6, 6.07) is 6.29. The highest BCUT2D eigenvalue weighted by Crippen LogP contribution is 2.45. The number of rotatable bonds is 5. The molecule has 7 nitrogen and oxygen atoms in total. The van der Waals surface area contributed by atoms with Gasteiger partial charge in [0, 0.05) is 31.1 Å². The van der Waals surface area contributed by atoms with Crippen LogP contribution in [0.5, 0.6) is 11.8 Å². The van der Waals surface area contributed by atoms with Gasteiger partial charge in [-0.2, -0.15) is 9.97 Å². The number of fused-ring (bicyclic) bond motifs is 4. The third kappa shape index (κ3) is 4.54. The van der Waals surface area contributed by atoms with Gasteiger partial charge in [0.05, 0.1) is 16.6 Å². The summed E-state index contributed by atoms with van der Waals surface area (Å²) >= 11 is 0. The Morgan fingerprint density at radius 3 is 2.78 bits per heavy atom. The number of nitrogens with zero attached hydrogens (tertiary/aromatic N) is 5. The van der Waals surface area contributed by atoms with E-state index in [1.807, 2.05) is 6.92 Å². The number of alkyl halides is 1. The van der Waals surface area contributed by atoms with E-state index < -0.39 is 17.5 Å². The molecule has 6 heterocycles. The number of hydrogen-bond donors (Lipinski definition) is 1. The minimum Gasteiger partial charge on any atom is -0.508 e. The summed E-state index contributed by atoms with van der Waals surface area (Å²) in [7, 11) is 0. The van der Waals surface area contributed by atoms with Crippen molar-refractivity contribution in [3.05, 3.63) is 47.2 Å². The van der Waals surface area contributed by atoms with Crippen molar-refractivity contribution in [2.24, 2.45) is 5.92 Å². The number of piperidine rings is 1. The number of phenols is 1. The molecule has 0 radical (unpaired) electrons. The second-order valence-corrected chi connectivity index (χ2v) is 13.5. The summed E-state index contributed by atoms with van der Waals surface area (Å²) in [6.45, 7) is 6.39. The first-order valence-electron chi connectivity index (χ1n) is 16.4. The molecular weight excluding hydrogens is 579 g/mol. The van der Waals surface area contributed by atoms with Gasteiger partial charge >= 0.3 is 6.01 Å². The fourth-order valence-electron chi connectivity index (χ4n) is 8.75. The summed E-state index contributed by atoms with van der Waals surface area (Å²) in [5, 5.41) is 12.4. The number of aromatic hydroxyl groups is 1. The molecule has 3 saturated heterocycles. The van der Waals surface area contributed by atoms with E-state index in [9.17, 15) is 9.50 Å². The van der Waals surface area contributed by atoms with Crippen LogP contribution in [0.1, 0.15) is 63.6 Å². The molecule has 0 unspecified atom stereocenters. The first kappa shape index (κ1) is 28.8. The number of pyridine rings is 1. The Balaban J connectivity index is 1.33. The molecule has 4 atom stereocenters. The lowest BCUT2D eigenvalue weighted by molar-refractivity contribution is 0.107. The molecule has 0 saturated carbocycles. The molecule has 4 aromatic rings. The molecule has 4 aliphatic heterocycles. The summed E-state index contributed by atoms with van der Waals surface area (Å²) in [4.78, 5) is 19.0. The van der Waals surface area contributed by atoms with Crippen LogP contribution in [0.4, 0.5) is 19.0 Å². The predicted octanol–water partition coefficient (Wildman–Crippen LogP) is 6.90. The van der Waals surface area contributed by atoms with Gasteiger partial charge in [-0.15, -0.1) is 0 Å². The van der Waals surface area contributed by atoms with E-state index in [2.05, 4.69) is 16.7 Å². The molecule has 2 aromatic carbocycles. The second-order valence-electron chi connectivity index (χ2n) is 13.5. The smallest absolute Gasteiger partial charge is 0.319 e. The molecule has 1 N–H and O–H groups in total. The van der Waals surface area contributed by atoms with Crippen LogP contribution in [0.3, 0.4) is 0 Å². The van der Waals surface area contributed by atoms with Gasteiger partial charge in [-0.1, -0.05) is 19.9 Å². The van der Waals surface area contributed by atoms with Gasteiger partial charge in [-0.3, -0.25) is 4.90 Å². The Morgan fingerprint density at radius 1 is 1.07 bits per heavy atom. The van der Waals surface area contributed by atoms with Crippen molar-refractivity contribution >= 4 is 27.5 Å². The molecule has 45 heavy (non-hydrogen) atoms. The fourth-order valence-corrected chi connectivity index (χ4v) is 8.75. The molecule has 236 valence electrons. The normalized spacial score (nSPS) is 26.3. The van der Waals surface area contributed by atoms with Crippen LogP contribution in [-0.2, 0) is 12.8 Å². The number of benzene rings is 2. The molecule has 2 aromatic heterocycles. The van der Waals surface area contributed by atoms with Gasteiger partial charge in [0.2, 0.25) is 0 Å². The van der Waals surface area contributed by atoms with E-state index in [-0.39, 0.29) is 41.4 Å². The molecule has 3 fully saturated rings. The largest absolute Gasteiger partial charge is 0.508 e. The van der Waals surface area contributed by atoms with Crippen LogP contribution in [0.2, 0.25) is 0 Å². The molecule has 0 bridgehead atoms. The zero-order valence-electron chi connectivity index (χ0n) is 25.8. The Morgan fingerprint density at radius 2 is 1.93 bits per heavy atom. The van der Waals surface area contributed by atoms with Crippen molar-refractivity contribution in [1.29, 1.82) is 0 Å². The SMILES string of the molecule is CCc1c(F)ccc2cc(O)cc(-c3nc4c5c(nc(OC[C@@]67CCCN6C[C@H](F)C7)nc5c3F)N3CCC[C@H](C)[C@H]3CC4)c12. The third-order valence-electron chi connectivity index (χ3n) is 10.9.